The third kappa shape index (κ3) is 1.91. The van der Waals surface area contributed by atoms with Gasteiger partial charge in [-0.25, -0.2) is 0 Å². The van der Waals surface area contributed by atoms with Gasteiger partial charge in [-0.15, -0.1) is 0 Å². The van der Waals surface area contributed by atoms with Crippen molar-refractivity contribution in [2.24, 2.45) is 5.41 Å². The molecular weight excluding hydrogens is 228 g/mol. The van der Waals surface area contributed by atoms with E-state index < -0.39 is 0 Å². The lowest BCUT2D eigenvalue weighted by atomic mass is 9.89. The van der Waals surface area contributed by atoms with Crippen LogP contribution >= 0.6 is 0 Å². The van der Waals surface area contributed by atoms with Crippen LogP contribution in [0.4, 0.5) is 0 Å². The maximum Gasteiger partial charge on any atom is 0.196 e. The topological polar surface area (TPSA) is 31.0 Å². The molecule has 18 heavy (non-hydrogen) atoms. The standard InChI is InChI=1S/C15H20O3/c1-14(2)10-17-15(13(14)18-15)9-8-11-4-6-12(16-3)7-5-11/h4-7,13H,8-10H2,1-3H3/t13-,15-/m0/s1. The molecule has 0 unspecified atom stereocenters. The first-order valence-electron chi connectivity index (χ1n) is 6.50. The Balaban J connectivity index is 1.59. The first-order chi connectivity index (χ1) is 8.56. The molecule has 2 aliphatic heterocycles. The average Bonchev–Trinajstić information content (AvgIpc) is 3.06. The van der Waals surface area contributed by atoms with Gasteiger partial charge in [-0.1, -0.05) is 26.0 Å². The Labute approximate surface area is 108 Å². The Morgan fingerprint density at radius 2 is 2.00 bits per heavy atom. The summed E-state index contributed by atoms with van der Waals surface area (Å²) < 4.78 is 16.8. The fourth-order valence-electron chi connectivity index (χ4n) is 2.79. The minimum atomic E-state index is -0.288. The van der Waals surface area contributed by atoms with Gasteiger partial charge in [-0.2, -0.15) is 0 Å². The molecule has 0 N–H and O–H groups in total. The van der Waals surface area contributed by atoms with E-state index >= 15 is 0 Å². The minimum Gasteiger partial charge on any atom is -0.497 e. The molecule has 1 aromatic rings. The van der Waals surface area contributed by atoms with Crippen molar-refractivity contribution in [1.29, 1.82) is 0 Å². The Bertz CT molecular complexity index is 438. The van der Waals surface area contributed by atoms with Gasteiger partial charge in [0, 0.05) is 11.8 Å². The lowest BCUT2D eigenvalue weighted by Gasteiger charge is -2.15. The number of rotatable bonds is 4. The predicted molar refractivity (Wildman–Crippen MR) is 68.7 cm³/mol. The highest BCUT2D eigenvalue weighted by Crippen LogP contribution is 2.56. The van der Waals surface area contributed by atoms with Crippen molar-refractivity contribution in [2.45, 2.75) is 38.6 Å². The highest BCUT2D eigenvalue weighted by molar-refractivity contribution is 5.27. The second-order valence-corrected chi connectivity index (χ2v) is 5.94. The van der Waals surface area contributed by atoms with E-state index in [0.717, 1.165) is 25.2 Å². The fraction of sp³-hybridized carbons (Fsp3) is 0.600. The van der Waals surface area contributed by atoms with E-state index in [2.05, 4.69) is 26.0 Å². The number of benzene rings is 1. The molecule has 2 saturated heterocycles. The molecule has 0 bridgehead atoms. The van der Waals surface area contributed by atoms with Gasteiger partial charge in [0.1, 0.15) is 11.9 Å². The summed E-state index contributed by atoms with van der Waals surface area (Å²) in [5.41, 5.74) is 1.47. The van der Waals surface area contributed by atoms with Crippen molar-refractivity contribution in [3.8, 4) is 5.75 Å². The maximum atomic E-state index is 5.85. The molecule has 3 heteroatoms. The second-order valence-electron chi connectivity index (χ2n) is 5.94. The highest BCUT2D eigenvalue weighted by Gasteiger charge is 2.68. The number of aryl methyl sites for hydroxylation is 1. The van der Waals surface area contributed by atoms with Gasteiger partial charge >= 0.3 is 0 Å². The predicted octanol–water partition coefficient (Wildman–Crippen LogP) is 2.78. The average molecular weight is 248 g/mol. The van der Waals surface area contributed by atoms with Gasteiger partial charge in [0.15, 0.2) is 5.79 Å². The van der Waals surface area contributed by atoms with Crippen molar-refractivity contribution >= 4 is 0 Å². The number of hydrogen-bond donors (Lipinski definition) is 0. The fourth-order valence-corrected chi connectivity index (χ4v) is 2.79. The molecule has 0 spiro atoms. The molecule has 0 aromatic heterocycles. The Hall–Kier alpha value is -1.06. The number of hydrogen-bond acceptors (Lipinski definition) is 3. The zero-order chi connectivity index (χ0) is 12.8. The number of epoxide rings is 1. The summed E-state index contributed by atoms with van der Waals surface area (Å²) >= 11 is 0. The van der Waals surface area contributed by atoms with Gasteiger partial charge in [0.2, 0.25) is 0 Å². The quantitative estimate of drug-likeness (QED) is 0.768. The molecule has 0 amide bonds. The monoisotopic (exact) mass is 248 g/mol. The largest absolute Gasteiger partial charge is 0.497 e. The van der Waals surface area contributed by atoms with Crippen LogP contribution in [-0.2, 0) is 15.9 Å². The van der Waals surface area contributed by atoms with Crippen molar-refractivity contribution < 1.29 is 14.2 Å². The third-order valence-electron chi connectivity index (χ3n) is 3.98. The summed E-state index contributed by atoms with van der Waals surface area (Å²) in [7, 11) is 1.69. The Morgan fingerprint density at radius 3 is 2.50 bits per heavy atom. The summed E-state index contributed by atoms with van der Waals surface area (Å²) in [6.45, 7) is 5.22. The van der Waals surface area contributed by atoms with Crippen LogP contribution in [0.3, 0.4) is 0 Å². The van der Waals surface area contributed by atoms with Gasteiger partial charge in [0.25, 0.3) is 0 Å². The van der Waals surface area contributed by atoms with E-state index in [-0.39, 0.29) is 17.3 Å². The van der Waals surface area contributed by atoms with Crippen LogP contribution in [0.5, 0.6) is 5.75 Å². The summed E-state index contributed by atoms with van der Waals surface area (Å²) in [5, 5.41) is 0. The third-order valence-corrected chi connectivity index (χ3v) is 3.98. The van der Waals surface area contributed by atoms with Gasteiger partial charge in [0.05, 0.1) is 13.7 Å². The van der Waals surface area contributed by atoms with E-state index in [1.165, 1.54) is 5.56 Å². The normalized spacial score (nSPS) is 32.1. The molecule has 3 nitrogen and oxygen atoms in total. The summed E-state index contributed by atoms with van der Waals surface area (Å²) in [4.78, 5) is 0. The molecule has 2 atom stereocenters. The molecule has 98 valence electrons. The first kappa shape index (κ1) is 12.0. The first-order valence-corrected chi connectivity index (χ1v) is 6.50. The lowest BCUT2D eigenvalue weighted by Crippen LogP contribution is -2.19. The molecule has 0 aliphatic carbocycles. The smallest absolute Gasteiger partial charge is 0.196 e. The Morgan fingerprint density at radius 1 is 1.28 bits per heavy atom. The molecule has 2 fully saturated rings. The zero-order valence-corrected chi connectivity index (χ0v) is 11.2. The van der Waals surface area contributed by atoms with E-state index in [4.69, 9.17) is 14.2 Å². The van der Waals surface area contributed by atoms with E-state index in [1.807, 2.05) is 12.1 Å². The molecule has 1 aromatic carbocycles. The van der Waals surface area contributed by atoms with Gasteiger partial charge in [-0.05, 0) is 24.1 Å². The molecule has 2 aliphatic rings. The lowest BCUT2D eigenvalue weighted by molar-refractivity contribution is -0.0676. The molecule has 3 rings (SSSR count). The molecular formula is C15H20O3. The van der Waals surface area contributed by atoms with Crippen molar-refractivity contribution in [3.63, 3.8) is 0 Å². The number of fused-ring (bicyclic) bond motifs is 1. The van der Waals surface area contributed by atoms with E-state index in [0.29, 0.717) is 0 Å². The molecule has 0 saturated carbocycles. The van der Waals surface area contributed by atoms with E-state index in [9.17, 15) is 0 Å². The van der Waals surface area contributed by atoms with Crippen molar-refractivity contribution in [1.82, 2.24) is 0 Å². The van der Waals surface area contributed by atoms with Crippen LogP contribution < -0.4 is 4.74 Å². The van der Waals surface area contributed by atoms with Crippen LogP contribution in [0.25, 0.3) is 0 Å². The minimum absolute atomic E-state index is 0.167. The van der Waals surface area contributed by atoms with Gasteiger partial charge in [-0.3, -0.25) is 0 Å². The summed E-state index contributed by atoms with van der Waals surface area (Å²) in [5.74, 6) is 0.611. The van der Waals surface area contributed by atoms with Crippen LogP contribution in [0.2, 0.25) is 0 Å². The van der Waals surface area contributed by atoms with E-state index in [1.54, 1.807) is 7.11 Å². The maximum absolute atomic E-state index is 5.85. The zero-order valence-electron chi connectivity index (χ0n) is 11.2. The summed E-state index contributed by atoms with van der Waals surface area (Å²) in [6.07, 6.45) is 2.20. The highest BCUT2D eigenvalue weighted by atomic mass is 16.8. The van der Waals surface area contributed by atoms with Crippen molar-refractivity contribution in [3.05, 3.63) is 29.8 Å². The number of ether oxygens (including phenoxy) is 3. The number of methoxy groups -OCH3 is 1. The molecule has 0 radical (unpaired) electrons. The van der Waals surface area contributed by atoms with Crippen LogP contribution in [0, 0.1) is 5.41 Å². The van der Waals surface area contributed by atoms with Crippen LogP contribution in [-0.4, -0.2) is 25.6 Å². The van der Waals surface area contributed by atoms with Crippen LogP contribution in [0.1, 0.15) is 25.8 Å². The van der Waals surface area contributed by atoms with Crippen LogP contribution in [0.15, 0.2) is 24.3 Å². The Kier molecular flexibility index (Phi) is 2.65. The second kappa shape index (κ2) is 3.97. The summed E-state index contributed by atoms with van der Waals surface area (Å²) in [6, 6.07) is 8.20. The van der Waals surface area contributed by atoms with Crippen molar-refractivity contribution in [2.75, 3.05) is 13.7 Å². The SMILES string of the molecule is COc1ccc(CC[C@@]23OCC(C)(C)[C@@H]2O3)cc1. The molecule has 2 heterocycles. The van der Waals surface area contributed by atoms with Gasteiger partial charge < -0.3 is 14.2 Å².